The molecule has 1 aliphatic heterocycles. The monoisotopic (exact) mass is 176 g/mol. The summed E-state index contributed by atoms with van der Waals surface area (Å²) in [6.07, 6.45) is 2.52. The zero-order chi connectivity index (χ0) is 8.10. The van der Waals surface area contributed by atoms with Crippen LogP contribution in [-0.2, 0) is 9.53 Å². The Balaban J connectivity index is 1.98. The van der Waals surface area contributed by atoms with Gasteiger partial charge in [-0.3, -0.25) is 4.79 Å². The van der Waals surface area contributed by atoms with Crippen molar-refractivity contribution in [2.24, 2.45) is 0 Å². The van der Waals surface area contributed by atoms with Gasteiger partial charge in [-0.15, -0.1) is 11.8 Å². The Bertz CT molecular complexity index is 132. The van der Waals surface area contributed by atoms with Gasteiger partial charge in [0.05, 0.1) is 11.9 Å². The van der Waals surface area contributed by atoms with E-state index in [-0.39, 0.29) is 5.75 Å². The molecule has 0 spiro atoms. The molecule has 1 N–H and O–H groups in total. The van der Waals surface area contributed by atoms with Gasteiger partial charge < -0.3 is 9.84 Å². The standard InChI is InChI=1S/C7H12O3S/c8-7(9)5-11-4-6-2-1-3-10-6/h6H,1-5H2,(H,8,9)/t6-/m1/s1. The number of aliphatic carboxylic acids is 1. The Morgan fingerprint density at radius 1 is 1.73 bits per heavy atom. The third-order valence-electron chi connectivity index (χ3n) is 1.55. The Kier molecular flexibility index (Phi) is 3.72. The summed E-state index contributed by atoms with van der Waals surface area (Å²) in [6, 6.07) is 0. The summed E-state index contributed by atoms with van der Waals surface area (Å²) >= 11 is 1.43. The second kappa shape index (κ2) is 4.62. The van der Waals surface area contributed by atoms with Crippen molar-refractivity contribution in [3.8, 4) is 0 Å². The third-order valence-corrected chi connectivity index (χ3v) is 2.61. The van der Waals surface area contributed by atoms with Crippen molar-refractivity contribution in [3.05, 3.63) is 0 Å². The Morgan fingerprint density at radius 2 is 2.55 bits per heavy atom. The van der Waals surface area contributed by atoms with Crippen molar-refractivity contribution < 1.29 is 14.6 Å². The number of rotatable bonds is 4. The highest BCUT2D eigenvalue weighted by molar-refractivity contribution is 7.99. The lowest BCUT2D eigenvalue weighted by Gasteiger charge is -2.06. The average molecular weight is 176 g/mol. The molecule has 0 unspecified atom stereocenters. The molecule has 1 aliphatic rings. The third kappa shape index (κ3) is 3.62. The number of carboxylic acids is 1. The van der Waals surface area contributed by atoms with E-state index in [1.165, 1.54) is 11.8 Å². The van der Waals surface area contributed by atoms with E-state index < -0.39 is 5.97 Å². The van der Waals surface area contributed by atoms with Crippen LogP contribution in [0.15, 0.2) is 0 Å². The van der Waals surface area contributed by atoms with Crippen molar-refractivity contribution in [2.75, 3.05) is 18.1 Å². The van der Waals surface area contributed by atoms with Crippen LogP contribution in [-0.4, -0.2) is 35.3 Å². The molecule has 0 aromatic heterocycles. The van der Waals surface area contributed by atoms with Crippen LogP contribution in [0, 0.1) is 0 Å². The van der Waals surface area contributed by atoms with Crippen LogP contribution in [0.4, 0.5) is 0 Å². The summed E-state index contributed by atoms with van der Waals surface area (Å²) in [5, 5.41) is 8.33. The molecule has 0 bridgehead atoms. The van der Waals surface area contributed by atoms with Gasteiger partial charge in [-0.1, -0.05) is 0 Å². The lowest BCUT2D eigenvalue weighted by atomic mass is 10.3. The molecule has 0 aliphatic carbocycles. The first-order chi connectivity index (χ1) is 5.29. The van der Waals surface area contributed by atoms with Crippen LogP contribution in [0.1, 0.15) is 12.8 Å². The first kappa shape index (κ1) is 8.87. The zero-order valence-corrected chi connectivity index (χ0v) is 7.10. The molecule has 1 heterocycles. The maximum Gasteiger partial charge on any atom is 0.313 e. The summed E-state index contributed by atoms with van der Waals surface area (Å²) in [7, 11) is 0. The van der Waals surface area contributed by atoms with E-state index in [9.17, 15) is 4.79 Å². The van der Waals surface area contributed by atoms with E-state index in [0.717, 1.165) is 25.2 Å². The Morgan fingerprint density at radius 3 is 3.09 bits per heavy atom. The molecular weight excluding hydrogens is 164 g/mol. The second-order valence-corrected chi connectivity index (χ2v) is 3.57. The van der Waals surface area contributed by atoms with Crippen LogP contribution in [0.25, 0.3) is 0 Å². The minimum atomic E-state index is -0.743. The maximum atomic E-state index is 10.1. The van der Waals surface area contributed by atoms with E-state index in [4.69, 9.17) is 9.84 Å². The molecular formula is C7H12O3S. The van der Waals surface area contributed by atoms with Crippen LogP contribution >= 0.6 is 11.8 Å². The van der Waals surface area contributed by atoms with Crippen molar-refractivity contribution in [3.63, 3.8) is 0 Å². The highest BCUT2D eigenvalue weighted by atomic mass is 32.2. The van der Waals surface area contributed by atoms with Gasteiger partial charge in [0, 0.05) is 12.4 Å². The Hall–Kier alpha value is -0.220. The van der Waals surface area contributed by atoms with E-state index in [1.807, 2.05) is 0 Å². The van der Waals surface area contributed by atoms with Gasteiger partial charge in [0.2, 0.25) is 0 Å². The summed E-state index contributed by atoms with van der Waals surface area (Å²) in [6.45, 7) is 0.846. The van der Waals surface area contributed by atoms with Crippen molar-refractivity contribution in [1.82, 2.24) is 0 Å². The van der Waals surface area contributed by atoms with Gasteiger partial charge in [-0.2, -0.15) is 0 Å². The first-order valence-electron chi connectivity index (χ1n) is 3.70. The second-order valence-electron chi connectivity index (χ2n) is 2.54. The molecule has 0 radical (unpaired) electrons. The predicted octanol–water partition coefficient (Wildman–Crippen LogP) is 0.983. The largest absolute Gasteiger partial charge is 0.481 e. The van der Waals surface area contributed by atoms with Crippen molar-refractivity contribution in [2.45, 2.75) is 18.9 Å². The number of carbonyl (C=O) groups is 1. The molecule has 1 fully saturated rings. The maximum absolute atomic E-state index is 10.1. The van der Waals surface area contributed by atoms with Gasteiger partial charge in [-0.25, -0.2) is 0 Å². The molecule has 0 aromatic rings. The fourth-order valence-corrected chi connectivity index (χ4v) is 1.87. The lowest BCUT2D eigenvalue weighted by Crippen LogP contribution is -2.10. The van der Waals surface area contributed by atoms with Crippen LogP contribution in [0.5, 0.6) is 0 Å². The van der Waals surface area contributed by atoms with E-state index in [0.29, 0.717) is 6.10 Å². The topological polar surface area (TPSA) is 46.5 Å². The quantitative estimate of drug-likeness (QED) is 0.693. The molecule has 64 valence electrons. The number of carboxylic acid groups (broad SMARTS) is 1. The Labute approximate surface area is 70.1 Å². The van der Waals surface area contributed by atoms with Crippen molar-refractivity contribution >= 4 is 17.7 Å². The van der Waals surface area contributed by atoms with Gasteiger partial charge in [-0.05, 0) is 12.8 Å². The fourth-order valence-electron chi connectivity index (χ4n) is 1.05. The van der Waals surface area contributed by atoms with E-state index in [1.54, 1.807) is 0 Å². The van der Waals surface area contributed by atoms with Crippen LogP contribution in [0.2, 0.25) is 0 Å². The predicted molar refractivity (Wildman–Crippen MR) is 43.9 cm³/mol. The summed E-state index contributed by atoms with van der Waals surface area (Å²) < 4.78 is 5.32. The number of hydrogen-bond donors (Lipinski definition) is 1. The molecule has 0 saturated carbocycles. The van der Waals surface area contributed by atoms with E-state index >= 15 is 0 Å². The smallest absolute Gasteiger partial charge is 0.313 e. The molecule has 4 heteroatoms. The molecule has 0 aromatic carbocycles. The molecule has 1 rings (SSSR count). The van der Waals surface area contributed by atoms with Gasteiger partial charge >= 0.3 is 5.97 Å². The number of ether oxygens (including phenoxy) is 1. The zero-order valence-electron chi connectivity index (χ0n) is 6.28. The first-order valence-corrected chi connectivity index (χ1v) is 4.85. The lowest BCUT2D eigenvalue weighted by molar-refractivity contribution is -0.133. The highest BCUT2D eigenvalue weighted by Crippen LogP contribution is 2.16. The minimum absolute atomic E-state index is 0.194. The molecule has 11 heavy (non-hydrogen) atoms. The van der Waals surface area contributed by atoms with Gasteiger partial charge in [0.25, 0.3) is 0 Å². The highest BCUT2D eigenvalue weighted by Gasteiger charge is 2.15. The minimum Gasteiger partial charge on any atom is -0.481 e. The number of hydrogen-bond acceptors (Lipinski definition) is 3. The average Bonchev–Trinajstić information content (AvgIpc) is 2.39. The number of thioether (sulfide) groups is 1. The summed E-state index contributed by atoms with van der Waals surface area (Å²) in [5.74, 6) is 0.277. The normalized spacial score (nSPS) is 23.8. The summed E-state index contributed by atoms with van der Waals surface area (Å²) in [5.41, 5.74) is 0. The molecule has 3 nitrogen and oxygen atoms in total. The summed E-state index contributed by atoms with van der Waals surface area (Å²) in [4.78, 5) is 10.1. The van der Waals surface area contributed by atoms with Crippen molar-refractivity contribution in [1.29, 1.82) is 0 Å². The molecule has 1 saturated heterocycles. The van der Waals surface area contributed by atoms with Crippen LogP contribution in [0.3, 0.4) is 0 Å². The van der Waals surface area contributed by atoms with Gasteiger partial charge in [0.1, 0.15) is 0 Å². The molecule has 0 amide bonds. The SMILES string of the molecule is O=C(O)CSC[C@H]1CCCO1. The fraction of sp³-hybridized carbons (Fsp3) is 0.857. The van der Waals surface area contributed by atoms with Crippen LogP contribution < -0.4 is 0 Å². The van der Waals surface area contributed by atoms with E-state index in [2.05, 4.69) is 0 Å². The molecule has 1 atom stereocenters. The van der Waals surface area contributed by atoms with Gasteiger partial charge in [0.15, 0.2) is 0 Å².